The number of fused-ring (bicyclic) bond motifs is 9. The highest BCUT2D eigenvalue weighted by Crippen LogP contribution is 2.49. The van der Waals surface area contributed by atoms with Crippen LogP contribution >= 0.6 is 0 Å². The molecule has 406 valence electrons. The van der Waals surface area contributed by atoms with Crippen LogP contribution in [-0.4, -0.2) is 19.5 Å². The predicted octanol–water partition coefficient (Wildman–Crippen LogP) is 21.8. The largest absolute Gasteiger partial charge is 0.456 e. The Morgan fingerprint density at radius 1 is 0.207 bits per heavy atom. The average Bonchev–Trinajstić information content (AvgIpc) is 1.84. The van der Waals surface area contributed by atoms with Crippen LogP contribution in [0.2, 0.25) is 0 Å². The molecule has 17 rings (SSSR count). The van der Waals surface area contributed by atoms with E-state index in [4.69, 9.17) is 23.8 Å². The Hall–Kier alpha value is -11.7. The molecule has 87 heavy (non-hydrogen) atoms. The highest BCUT2D eigenvalue weighted by atomic mass is 16.3. The minimum Gasteiger partial charge on any atom is -0.456 e. The van der Waals surface area contributed by atoms with Crippen molar-refractivity contribution in [3.63, 3.8) is 0 Å². The predicted molar refractivity (Wildman–Crippen MR) is 358 cm³/mol. The molecule has 0 aliphatic rings. The summed E-state index contributed by atoms with van der Waals surface area (Å²) in [6, 6.07) is 108. The lowest BCUT2D eigenvalue weighted by Crippen LogP contribution is -2.04. The van der Waals surface area contributed by atoms with E-state index in [1.54, 1.807) is 0 Å². The van der Waals surface area contributed by atoms with Gasteiger partial charge < -0.3 is 13.4 Å². The number of hydrogen-bond donors (Lipinski definition) is 0. The fourth-order valence-corrected chi connectivity index (χ4v) is 12.9. The van der Waals surface area contributed by atoms with Gasteiger partial charge >= 0.3 is 0 Å². The molecule has 0 aliphatic heterocycles. The van der Waals surface area contributed by atoms with Crippen LogP contribution in [0, 0.1) is 0 Å². The van der Waals surface area contributed by atoms with Crippen molar-refractivity contribution in [3.8, 4) is 107 Å². The first-order chi connectivity index (χ1) is 43.1. The molecule has 17 aromatic rings. The highest BCUT2D eigenvalue weighted by molar-refractivity contribution is 6.16. The summed E-state index contributed by atoms with van der Waals surface area (Å²) in [6.45, 7) is 0. The number of furan rings is 2. The van der Waals surface area contributed by atoms with Gasteiger partial charge in [0.25, 0.3) is 0 Å². The van der Waals surface area contributed by atoms with E-state index in [0.29, 0.717) is 17.5 Å². The van der Waals surface area contributed by atoms with Crippen molar-refractivity contribution in [2.75, 3.05) is 0 Å². The second kappa shape index (κ2) is 20.6. The van der Waals surface area contributed by atoms with E-state index in [0.717, 1.165) is 155 Å². The van der Waals surface area contributed by atoms with Crippen molar-refractivity contribution in [2.45, 2.75) is 0 Å². The van der Waals surface area contributed by atoms with E-state index < -0.39 is 0 Å². The molecule has 0 spiro atoms. The van der Waals surface area contributed by atoms with Crippen LogP contribution in [0.3, 0.4) is 0 Å². The first-order valence-electron chi connectivity index (χ1n) is 29.4. The summed E-state index contributed by atoms with van der Waals surface area (Å²) in [6.07, 6.45) is 0. The van der Waals surface area contributed by atoms with E-state index in [2.05, 4.69) is 271 Å². The lowest BCUT2D eigenvalue weighted by molar-refractivity contribution is 0.668. The normalized spacial score (nSPS) is 11.7. The molecular weight excluding hydrogens is 1060 g/mol. The standard InChI is InChI=1S/C81H50N4O2/c1-7-23-51(24-8-1)64-47-70-71-48-65(52-25-9-2-10-26-52)67(54-29-13-4-14-30-54)50-73(71)85(72(70)49-66(64)53-27-11-3-12-28-53)78-68(55-31-15-5-16-32-55)43-59(44-69(78)56-33-17-6-18-34-56)81-83-79(57-39-41-62-60-35-19-21-37-74(60)86-76(62)45-57)82-80(84-81)58-40-42-63-61-36-20-22-38-75(61)87-77(63)46-58/h1-50H. The number of rotatable bonds is 10. The van der Waals surface area contributed by atoms with E-state index in [-0.39, 0.29) is 0 Å². The van der Waals surface area contributed by atoms with Crippen molar-refractivity contribution in [2.24, 2.45) is 0 Å². The Labute approximate surface area is 501 Å². The number of benzene rings is 13. The third kappa shape index (κ3) is 8.61. The molecule has 0 atom stereocenters. The number of hydrogen-bond acceptors (Lipinski definition) is 5. The van der Waals surface area contributed by atoms with Crippen LogP contribution in [0.25, 0.3) is 172 Å². The van der Waals surface area contributed by atoms with Gasteiger partial charge in [0.2, 0.25) is 0 Å². The van der Waals surface area contributed by atoms with Gasteiger partial charge in [-0.25, -0.2) is 15.0 Å². The van der Waals surface area contributed by atoms with Gasteiger partial charge in [-0.15, -0.1) is 0 Å². The van der Waals surface area contributed by atoms with Crippen molar-refractivity contribution in [1.82, 2.24) is 19.5 Å². The summed E-state index contributed by atoms with van der Waals surface area (Å²) in [5.74, 6) is 1.55. The van der Waals surface area contributed by atoms with E-state index in [1.165, 1.54) is 0 Å². The Bertz CT molecular complexity index is 5150. The van der Waals surface area contributed by atoms with E-state index >= 15 is 0 Å². The topological polar surface area (TPSA) is 69.9 Å². The van der Waals surface area contributed by atoms with Gasteiger partial charge in [0.15, 0.2) is 17.5 Å². The molecule has 0 amide bonds. The van der Waals surface area contributed by atoms with Crippen molar-refractivity contribution in [1.29, 1.82) is 0 Å². The zero-order valence-electron chi connectivity index (χ0n) is 47.0. The van der Waals surface area contributed by atoms with Gasteiger partial charge in [0, 0.05) is 60.1 Å². The fourth-order valence-electron chi connectivity index (χ4n) is 12.9. The number of aromatic nitrogens is 4. The molecule has 0 unspecified atom stereocenters. The Balaban J connectivity index is 0.987. The molecule has 13 aromatic carbocycles. The monoisotopic (exact) mass is 1110 g/mol. The molecule has 0 radical (unpaired) electrons. The summed E-state index contributed by atoms with van der Waals surface area (Å²) in [7, 11) is 0. The second-order valence-electron chi connectivity index (χ2n) is 22.2. The van der Waals surface area contributed by atoms with Gasteiger partial charge in [-0.2, -0.15) is 0 Å². The molecule has 0 bridgehead atoms. The summed E-state index contributed by atoms with van der Waals surface area (Å²) in [5, 5.41) is 6.44. The lowest BCUT2D eigenvalue weighted by Gasteiger charge is -2.22. The summed E-state index contributed by atoms with van der Waals surface area (Å²) < 4.78 is 15.5. The van der Waals surface area contributed by atoms with Crippen LogP contribution in [0.5, 0.6) is 0 Å². The maximum Gasteiger partial charge on any atom is 0.164 e. The molecule has 4 aromatic heterocycles. The zero-order valence-corrected chi connectivity index (χ0v) is 47.0. The molecule has 0 aliphatic carbocycles. The number of nitrogens with zero attached hydrogens (tertiary/aromatic N) is 4. The van der Waals surface area contributed by atoms with Crippen molar-refractivity contribution in [3.05, 3.63) is 303 Å². The Morgan fingerprint density at radius 2 is 0.506 bits per heavy atom. The Morgan fingerprint density at radius 3 is 0.874 bits per heavy atom. The molecule has 0 fully saturated rings. The summed E-state index contributed by atoms with van der Waals surface area (Å²) in [5.41, 5.74) is 22.0. The minimum atomic E-state index is 0.515. The van der Waals surface area contributed by atoms with Crippen LogP contribution in [0.1, 0.15) is 0 Å². The van der Waals surface area contributed by atoms with Gasteiger partial charge in [-0.3, -0.25) is 0 Å². The van der Waals surface area contributed by atoms with Crippen LogP contribution in [0.4, 0.5) is 0 Å². The molecular formula is C81H50N4O2. The smallest absolute Gasteiger partial charge is 0.164 e. The lowest BCUT2D eigenvalue weighted by atomic mass is 9.91. The van der Waals surface area contributed by atoms with E-state index in [9.17, 15) is 0 Å². The van der Waals surface area contributed by atoms with E-state index in [1.807, 2.05) is 36.4 Å². The SMILES string of the molecule is c1ccc(-c2cc3c4cc(-c5ccccc5)c(-c5ccccc5)cc4n(-c4c(-c5ccccc5)cc(-c5nc(-c6ccc7c(c6)oc6ccccc67)nc(-c6ccc7c(c6)oc6ccccc67)n5)cc4-c4ccccc4)c3cc2-c2ccccc2)cc1. The quantitative estimate of drug-likeness (QED) is 0.136. The Kier molecular flexibility index (Phi) is 11.8. The van der Waals surface area contributed by atoms with Gasteiger partial charge in [-0.1, -0.05) is 231 Å². The number of para-hydroxylation sites is 2. The zero-order chi connectivity index (χ0) is 57.4. The van der Waals surface area contributed by atoms with Crippen molar-refractivity contribution < 1.29 is 8.83 Å². The van der Waals surface area contributed by atoms with Crippen LogP contribution in [-0.2, 0) is 0 Å². The molecule has 0 saturated heterocycles. The van der Waals surface area contributed by atoms with Crippen LogP contribution in [0.15, 0.2) is 312 Å². The van der Waals surface area contributed by atoms with Gasteiger partial charge in [-0.05, 0) is 128 Å². The first kappa shape index (κ1) is 49.8. The fraction of sp³-hybridized carbons (Fsp3) is 0. The van der Waals surface area contributed by atoms with Gasteiger partial charge in [0.05, 0.1) is 16.7 Å². The minimum absolute atomic E-state index is 0.515. The molecule has 6 heteroatoms. The average molecular weight is 1110 g/mol. The van der Waals surface area contributed by atoms with Crippen LogP contribution < -0.4 is 0 Å². The first-order valence-corrected chi connectivity index (χ1v) is 29.4. The molecule has 0 saturated carbocycles. The van der Waals surface area contributed by atoms with Crippen molar-refractivity contribution >= 4 is 65.7 Å². The maximum atomic E-state index is 6.50. The maximum absolute atomic E-state index is 6.50. The molecule has 6 nitrogen and oxygen atoms in total. The second-order valence-corrected chi connectivity index (χ2v) is 22.2. The molecule has 4 heterocycles. The third-order valence-electron chi connectivity index (χ3n) is 17.1. The third-order valence-corrected chi connectivity index (χ3v) is 17.1. The summed E-state index contributed by atoms with van der Waals surface area (Å²) >= 11 is 0. The summed E-state index contributed by atoms with van der Waals surface area (Å²) in [4.78, 5) is 16.3. The molecule has 0 N–H and O–H groups in total. The highest BCUT2D eigenvalue weighted by Gasteiger charge is 2.27. The van der Waals surface area contributed by atoms with Gasteiger partial charge in [0.1, 0.15) is 22.3 Å².